The van der Waals surface area contributed by atoms with Gasteiger partial charge >= 0.3 is 0 Å². The molecule has 2 heterocycles. The lowest BCUT2D eigenvalue weighted by Gasteiger charge is -2.35. The van der Waals surface area contributed by atoms with Gasteiger partial charge in [-0.15, -0.1) is 0 Å². The zero-order valence-electron chi connectivity index (χ0n) is 11.1. The second-order valence-electron chi connectivity index (χ2n) is 6.03. The van der Waals surface area contributed by atoms with Crippen molar-refractivity contribution < 1.29 is 0 Å². The molecule has 0 aromatic rings. The van der Waals surface area contributed by atoms with E-state index in [0.717, 1.165) is 0 Å². The van der Waals surface area contributed by atoms with Gasteiger partial charge in [0, 0.05) is 24.7 Å². The fourth-order valence-electron chi connectivity index (χ4n) is 3.20. The van der Waals surface area contributed by atoms with Crippen LogP contribution in [0.25, 0.3) is 0 Å². The second-order valence-corrected chi connectivity index (χ2v) is 6.03. The Morgan fingerprint density at radius 2 is 2.12 bits per heavy atom. The van der Waals surface area contributed by atoms with Gasteiger partial charge in [0.25, 0.3) is 0 Å². The van der Waals surface area contributed by atoms with E-state index in [1.54, 1.807) is 0 Å². The molecule has 0 aromatic carbocycles. The molecule has 3 nitrogen and oxygen atoms in total. The summed E-state index contributed by atoms with van der Waals surface area (Å²) >= 11 is 0. The molecule has 0 radical (unpaired) electrons. The molecule has 2 rings (SSSR count). The first kappa shape index (κ1) is 12.3. The van der Waals surface area contributed by atoms with Crippen LogP contribution in [0.15, 0.2) is 0 Å². The highest BCUT2D eigenvalue weighted by molar-refractivity contribution is 4.93. The number of hydrogen-bond donors (Lipinski definition) is 1. The van der Waals surface area contributed by atoms with Crippen molar-refractivity contribution in [2.24, 2.45) is 0 Å². The van der Waals surface area contributed by atoms with Crippen LogP contribution in [0.4, 0.5) is 0 Å². The molecule has 0 bridgehead atoms. The maximum Gasteiger partial charge on any atom is 0.0281 e. The Hall–Kier alpha value is -0.120. The minimum absolute atomic E-state index is 0.372. The third kappa shape index (κ3) is 2.96. The van der Waals surface area contributed by atoms with E-state index in [1.807, 2.05) is 0 Å². The lowest BCUT2D eigenvalue weighted by Crippen LogP contribution is -2.51. The van der Waals surface area contributed by atoms with Crippen LogP contribution in [0.5, 0.6) is 0 Å². The summed E-state index contributed by atoms with van der Waals surface area (Å²) in [5.41, 5.74) is 0.372. The first-order chi connectivity index (χ1) is 7.59. The highest BCUT2D eigenvalue weighted by Gasteiger charge is 2.32. The summed E-state index contributed by atoms with van der Waals surface area (Å²) in [6.45, 7) is 10.9. The van der Waals surface area contributed by atoms with E-state index >= 15 is 0 Å². The summed E-state index contributed by atoms with van der Waals surface area (Å²) in [5.74, 6) is 0. The topological polar surface area (TPSA) is 18.5 Å². The van der Waals surface area contributed by atoms with Crippen molar-refractivity contribution in [2.45, 2.75) is 44.7 Å². The Balaban J connectivity index is 1.92. The van der Waals surface area contributed by atoms with Crippen molar-refractivity contribution in [1.29, 1.82) is 0 Å². The van der Waals surface area contributed by atoms with Crippen molar-refractivity contribution in [3.63, 3.8) is 0 Å². The van der Waals surface area contributed by atoms with Gasteiger partial charge in [-0.05, 0) is 59.8 Å². The van der Waals surface area contributed by atoms with Crippen molar-refractivity contribution in [3.05, 3.63) is 0 Å². The van der Waals surface area contributed by atoms with Gasteiger partial charge in [-0.3, -0.25) is 4.90 Å². The average Bonchev–Trinajstić information content (AvgIpc) is 2.57. The summed E-state index contributed by atoms with van der Waals surface area (Å²) in [5, 5.41) is 3.68. The molecule has 2 fully saturated rings. The predicted octanol–water partition coefficient (Wildman–Crippen LogP) is 1.15. The SMILES string of the molecule is CC1CN(C)CCCN1CC1(C)CCCN1. The monoisotopic (exact) mass is 225 g/mol. The van der Waals surface area contributed by atoms with Gasteiger partial charge < -0.3 is 10.2 Å². The first-order valence-electron chi connectivity index (χ1n) is 6.77. The molecular formula is C13H27N3. The molecule has 2 aliphatic heterocycles. The molecular weight excluding hydrogens is 198 g/mol. The maximum absolute atomic E-state index is 3.68. The number of likely N-dealkylation sites (N-methyl/N-ethyl adjacent to an activating group) is 1. The van der Waals surface area contributed by atoms with Crippen LogP contribution in [-0.4, -0.2) is 61.2 Å². The van der Waals surface area contributed by atoms with Crippen molar-refractivity contribution in [1.82, 2.24) is 15.1 Å². The summed E-state index contributed by atoms with van der Waals surface area (Å²) in [7, 11) is 2.25. The summed E-state index contributed by atoms with van der Waals surface area (Å²) in [6, 6.07) is 0.701. The molecule has 0 spiro atoms. The number of rotatable bonds is 2. The Bertz CT molecular complexity index is 223. The first-order valence-corrected chi connectivity index (χ1v) is 6.77. The summed E-state index contributed by atoms with van der Waals surface area (Å²) in [4.78, 5) is 5.15. The summed E-state index contributed by atoms with van der Waals surface area (Å²) in [6.07, 6.45) is 4.00. The van der Waals surface area contributed by atoms with Crippen molar-refractivity contribution in [2.75, 3.05) is 39.8 Å². The lowest BCUT2D eigenvalue weighted by atomic mass is 9.99. The zero-order valence-corrected chi connectivity index (χ0v) is 11.1. The molecule has 0 aromatic heterocycles. The van der Waals surface area contributed by atoms with Gasteiger partial charge in [-0.1, -0.05) is 0 Å². The van der Waals surface area contributed by atoms with Gasteiger partial charge in [-0.2, -0.15) is 0 Å². The van der Waals surface area contributed by atoms with Gasteiger partial charge in [0.1, 0.15) is 0 Å². The fourth-order valence-corrected chi connectivity index (χ4v) is 3.20. The highest BCUT2D eigenvalue weighted by Crippen LogP contribution is 2.22. The van der Waals surface area contributed by atoms with Crippen LogP contribution < -0.4 is 5.32 Å². The molecule has 2 unspecified atom stereocenters. The van der Waals surface area contributed by atoms with Gasteiger partial charge in [-0.25, -0.2) is 0 Å². The number of hydrogen-bond acceptors (Lipinski definition) is 3. The molecule has 3 heteroatoms. The largest absolute Gasteiger partial charge is 0.310 e. The van der Waals surface area contributed by atoms with Crippen LogP contribution in [0, 0.1) is 0 Å². The standard InChI is InChI=1S/C13H27N3/c1-12-10-15(3)8-5-9-16(12)11-13(2)6-4-7-14-13/h12,14H,4-11H2,1-3H3. The molecule has 0 amide bonds. The van der Waals surface area contributed by atoms with E-state index in [1.165, 1.54) is 52.0 Å². The van der Waals surface area contributed by atoms with Crippen LogP contribution >= 0.6 is 0 Å². The Morgan fingerprint density at radius 1 is 1.31 bits per heavy atom. The van der Waals surface area contributed by atoms with E-state index < -0.39 is 0 Å². The zero-order chi connectivity index (χ0) is 11.6. The van der Waals surface area contributed by atoms with Gasteiger partial charge in [0.2, 0.25) is 0 Å². The van der Waals surface area contributed by atoms with Gasteiger partial charge in [0.15, 0.2) is 0 Å². The minimum Gasteiger partial charge on any atom is -0.310 e. The molecule has 94 valence electrons. The fraction of sp³-hybridized carbons (Fsp3) is 1.00. The molecule has 2 atom stereocenters. The molecule has 2 saturated heterocycles. The van der Waals surface area contributed by atoms with Crippen molar-refractivity contribution >= 4 is 0 Å². The molecule has 16 heavy (non-hydrogen) atoms. The lowest BCUT2D eigenvalue weighted by molar-refractivity contribution is 0.156. The third-order valence-electron chi connectivity index (χ3n) is 4.19. The molecule has 0 aliphatic carbocycles. The molecule has 2 aliphatic rings. The number of nitrogens with zero attached hydrogens (tertiary/aromatic N) is 2. The average molecular weight is 225 g/mol. The van der Waals surface area contributed by atoms with E-state index in [2.05, 4.69) is 36.0 Å². The maximum atomic E-state index is 3.68. The normalized spacial score (nSPS) is 38.8. The van der Waals surface area contributed by atoms with E-state index in [0.29, 0.717) is 11.6 Å². The van der Waals surface area contributed by atoms with Crippen LogP contribution in [-0.2, 0) is 0 Å². The second kappa shape index (κ2) is 5.03. The van der Waals surface area contributed by atoms with Crippen molar-refractivity contribution in [3.8, 4) is 0 Å². The van der Waals surface area contributed by atoms with E-state index in [9.17, 15) is 0 Å². The van der Waals surface area contributed by atoms with E-state index in [-0.39, 0.29) is 0 Å². The molecule has 1 N–H and O–H groups in total. The third-order valence-corrected chi connectivity index (χ3v) is 4.19. The van der Waals surface area contributed by atoms with E-state index in [4.69, 9.17) is 0 Å². The Kier molecular flexibility index (Phi) is 3.88. The highest BCUT2D eigenvalue weighted by atomic mass is 15.2. The summed E-state index contributed by atoms with van der Waals surface area (Å²) < 4.78 is 0. The van der Waals surface area contributed by atoms with Gasteiger partial charge in [0.05, 0.1) is 0 Å². The smallest absolute Gasteiger partial charge is 0.0281 e. The predicted molar refractivity (Wildman–Crippen MR) is 68.8 cm³/mol. The van der Waals surface area contributed by atoms with Crippen LogP contribution in [0.1, 0.15) is 33.1 Å². The Morgan fingerprint density at radius 3 is 2.81 bits per heavy atom. The minimum atomic E-state index is 0.372. The quantitative estimate of drug-likeness (QED) is 0.761. The van der Waals surface area contributed by atoms with Crippen LogP contribution in [0.2, 0.25) is 0 Å². The number of nitrogens with one attached hydrogen (secondary N) is 1. The van der Waals surface area contributed by atoms with Crippen LogP contribution in [0.3, 0.4) is 0 Å². The Labute approximate surface area is 100 Å². The molecule has 0 saturated carbocycles.